The lowest BCUT2D eigenvalue weighted by Gasteiger charge is -2.23. The zero-order valence-corrected chi connectivity index (χ0v) is 20.0. The maximum atomic E-state index is 12.6. The summed E-state index contributed by atoms with van der Waals surface area (Å²) in [6.07, 6.45) is -3.82. The van der Waals surface area contributed by atoms with Gasteiger partial charge in [0.1, 0.15) is 0 Å². The summed E-state index contributed by atoms with van der Waals surface area (Å²) in [5, 5.41) is 11.2. The van der Waals surface area contributed by atoms with Gasteiger partial charge in [0.15, 0.2) is 0 Å². The van der Waals surface area contributed by atoms with Gasteiger partial charge in [0.25, 0.3) is 5.91 Å². The Morgan fingerprint density at radius 2 is 1.92 bits per heavy atom. The van der Waals surface area contributed by atoms with E-state index in [-0.39, 0.29) is 19.0 Å². The van der Waals surface area contributed by atoms with Crippen LogP contribution in [0.4, 0.5) is 24.8 Å². The van der Waals surface area contributed by atoms with Crippen LogP contribution < -0.4 is 16.3 Å². The SMILES string of the molecule is O=C1C(NCc2ccc(Nc3nn(-c4cccc(Cl)c4)c(=O)[nH]3)cc2)CCCCN1OC(=O)C(F)(F)F. The van der Waals surface area contributed by atoms with Crippen LogP contribution in [0.25, 0.3) is 5.69 Å². The molecule has 0 aliphatic carbocycles. The van der Waals surface area contributed by atoms with Gasteiger partial charge in [-0.2, -0.15) is 22.9 Å². The molecule has 3 aromatic rings. The summed E-state index contributed by atoms with van der Waals surface area (Å²) in [5.74, 6) is -2.94. The van der Waals surface area contributed by atoms with Gasteiger partial charge in [0.05, 0.1) is 18.3 Å². The normalized spacial score (nSPS) is 16.4. The van der Waals surface area contributed by atoms with Crippen LogP contribution in [0.15, 0.2) is 53.3 Å². The van der Waals surface area contributed by atoms with E-state index >= 15 is 0 Å². The van der Waals surface area contributed by atoms with E-state index in [2.05, 4.69) is 25.6 Å². The van der Waals surface area contributed by atoms with Crippen molar-refractivity contribution in [3.8, 4) is 5.69 Å². The Balaban J connectivity index is 1.35. The highest BCUT2D eigenvalue weighted by atomic mass is 35.5. The molecule has 3 N–H and O–H groups in total. The quantitative estimate of drug-likeness (QED) is 0.421. The van der Waals surface area contributed by atoms with E-state index in [1.165, 1.54) is 4.68 Å². The van der Waals surface area contributed by atoms with Crippen LogP contribution in [0, 0.1) is 0 Å². The third kappa shape index (κ3) is 6.68. The van der Waals surface area contributed by atoms with Crippen LogP contribution in [0.2, 0.25) is 5.02 Å². The molecule has 196 valence electrons. The van der Waals surface area contributed by atoms with Crippen molar-refractivity contribution in [3.05, 3.63) is 69.6 Å². The summed E-state index contributed by atoms with van der Waals surface area (Å²) in [5.41, 5.74) is 1.47. The number of hydrogen-bond donors (Lipinski definition) is 3. The second-order valence-corrected chi connectivity index (χ2v) is 8.67. The molecule has 2 heterocycles. The number of carbonyl (C=O) groups is 2. The Labute approximate surface area is 213 Å². The van der Waals surface area contributed by atoms with Crippen LogP contribution in [0.1, 0.15) is 24.8 Å². The van der Waals surface area contributed by atoms with Gasteiger partial charge < -0.3 is 15.5 Å². The molecule has 1 aromatic heterocycles. The van der Waals surface area contributed by atoms with Crippen molar-refractivity contribution in [1.29, 1.82) is 0 Å². The second-order valence-electron chi connectivity index (χ2n) is 8.24. The standard InChI is InChI=1S/C23H22ClF3N6O4/c24-15-4-3-5-17(12-15)33-22(36)30-21(31-33)29-16-9-7-14(8-10-16)13-28-18-6-1-2-11-32(19(18)34)37-20(35)23(25,26)27/h3-5,7-10,12,18,28H,1-2,6,11,13H2,(H2,29,30,31,36). The van der Waals surface area contributed by atoms with E-state index in [1.807, 2.05) is 0 Å². The smallest absolute Gasteiger partial charge is 0.330 e. The molecule has 4 rings (SSSR count). The molecule has 2 aromatic carbocycles. The number of carbonyl (C=O) groups excluding carboxylic acids is 2. The van der Waals surface area contributed by atoms with Crippen molar-refractivity contribution >= 4 is 35.1 Å². The molecule has 1 fully saturated rings. The lowest BCUT2D eigenvalue weighted by atomic mass is 10.1. The maximum absolute atomic E-state index is 12.6. The van der Waals surface area contributed by atoms with E-state index in [0.29, 0.717) is 40.7 Å². The molecule has 0 saturated carbocycles. The van der Waals surface area contributed by atoms with Crippen LogP contribution in [-0.2, 0) is 21.0 Å². The first-order valence-electron chi connectivity index (χ1n) is 11.3. The number of aromatic nitrogens is 3. The number of hydroxylamine groups is 2. The first-order valence-corrected chi connectivity index (χ1v) is 11.6. The summed E-state index contributed by atoms with van der Waals surface area (Å²) < 4.78 is 38.7. The molecule has 14 heteroatoms. The molecule has 10 nitrogen and oxygen atoms in total. The van der Waals surface area contributed by atoms with Crippen molar-refractivity contribution < 1.29 is 27.6 Å². The predicted octanol–water partition coefficient (Wildman–Crippen LogP) is 3.45. The molecule has 1 atom stereocenters. The zero-order valence-electron chi connectivity index (χ0n) is 19.2. The zero-order chi connectivity index (χ0) is 26.6. The first kappa shape index (κ1) is 26.2. The number of alkyl halides is 3. The van der Waals surface area contributed by atoms with Gasteiger partial charge in [0, 0.05) is 17.3 Å². The van der Waals surface area contributed by atoms with Gasteiger partial charge in [0.2, 0.25) is 5.95 Å². The Morgan fingerprint density at radius 3 is 2.62 bits per heavy atom. The van der Waals surface area contributed by atoms with Gasteiger partial charge in [-0.1, -0.05) is 29.8 Å². The molecule has 1 aliphatic rings. The average Bonchev–Trinajstić information content (AvgIpc) is 3.12. The highest BCUT2D eigenvalue weighted by molar-refractivity contribution is 6.30. The fourth-order valence-electron chi connectivity index (χ4n) is 3.69. The maximum Gasteiger partial charge on any atom is 0.493 e. The number of nitrogens with one attached hydrogen (secondary N) is 3. The third-order valence-electron chi connectivity index (χ3n) is 5.51. The Bertz CT molecular complexity index is 1330. The topological polar surface area (TPSA) is 121 Å². The van der Waals surface area contributed by atoms with Crippen molar-refractivity contribution in [2.75, 3.05) is 11.9 Å². The molecule has 1 unspecified atom stereocenters. The Hall–Kier alpha value is -3.84. The van der Waals surface area contributed by atoms with Crippen molar-refractivity contribution in [2.24, 2.45) is 0 Å². The fourth-order valence-corrected chi connectivity index (χ4v) is 3.88. The van der Waals surface area contributed by atoms with Crippen LogP contribution in [-0.4, -0.2) is 50.5 Å². The number of anilines is 2. The van der Waals surface area contributed by atoms with Crippen LogP contribution in [0.3, 0.4) is 0 Å². The minimum absolute atomic E-state index is 0.103. The Morgan fingerprint density at radius 1 is 1.16 bits per heavy atom. The first-order chi connectivity index (χ1) is 17.6. The molecule has 0 radical (unpaired) electrons. The number of nitrogens with zero attached hydrogens (tertiary/aromatic N) is 3. The lowest BCUT2D eigenvalue weighted by molar-refractivity contribution is -0.237. The van der Waals surface area contributed by atoms with Crippen molar-refractivity contribution in [1.82, 2.24) is 25.1 Å². The third-order valence-corrected chi connectivity index (χ3v) is 5.75. The number of aromatic amines is 1. The molecule has 1 amide bonds. The molecule has 0 bridgehead atoms. The average molecular weight is 539 g/mol. The number of rotatable bonds is 7. The largest absolute Gasteiger partial charge is 0.493 e. The second kappa shape index (κ2) is 11.0. The summed E-state index contributed by atoms with van der Waals surface area (Å²) in [6, 6.07) is 12.9. The van der Waals surface area contributed by atoms with E-state index in [0.717, 1.165) is 5.56 Å². The summed E-state index contributed by atoms with van der Waals surface area (Å²) >= 11 is 5.98. The lowest BCUT2D eigenvalue weighted by Crippen LogP contribution is -2.47. The van der Waals surface area contributed by atoms with Gasteiger partial charge in [-0.05, 0) is 55.2 Å². The van der Waals surface area contributed by atoms with Gasteiger partial charge in [-0.15, -0.1) is 5.10 Å². The minimum Gasteiger partial charge on any atom is -0.330 e. The summed E-state index contributed by atoms with van der Waals surface area (Å²) in [6.45, 7) is 0.145. The molecular formula is C23H22ClF3N6O4. The van der Waals surface area contributed by atoms with Crippen molar-refractivity contribution in [2.45, 2.75) is 38.0 Å². The minimum atomic E-state index is -5.19. The highest BCUT2D eigenvalue weighted by Crippen LogP contribution is 2.21. The van der Waals surface area contributed by atoms with Crippen LogP contribution in [0.5, 0.6) is 0 Å². The number of hydrogen-bond acceptors (Lipinski definition) is 7. The molecule has 1 aliphatic heterocycles. The van der Waals surface area contributed by atoms with Gasteiger partial charge in [-0.25, -0.2) is 9.59 Å². The molecular weight excluding hydrogens is 517 g/mol. The number of halogens is 4. The number of benzene rings is 2. The van der Waals surface area contributed by atoms with Gasteiger partial charge >= 0.3 is 17.8 Å². The number of amides is 1. The summed E-state index contributed by atoms with van der Waals surface area (Å²) in [4.78, 5) is 42.9. The van der Waals surface area contributed by atoms with Gasteiger partial charge in [-0.3, -0.25) is 9.78 Å². The molecule has 0 spiro atoms. The highest BCUT2D eigenvalue weighted by Gasteiger charge is 2.44. The summed E-state index contributed by atoms with van der Waals surface area (Å²) in [7, 11) is 0. The van der Waals surface area contributed by atoms with Crippen molar-refractivity contribution in [3.63, 3.8) is 0 Å². The monoisotopic (exact) mass is 538 g/mol. The molecule has 37 heavy (non-hydrogen) atoms. The van der Waals surface area contributed by atoms with E-state index in [1.54, 1.807) is 48.5 Å². The predicted molar refractivity (Wildman–Crippen MR) is 127 cm³/mol. The number of H-pyrrole nitrogens is 1. The molecule has 1 saturated heterocycles. The van der Waals surface area contributed by atoms with E-state index in [4.69, 9.17) is 11.6 Å². The van der Waals surface area contributed by atoms with E-state index < -0.39 is 29.8 Å². The Kier molecular flexibility index (Phi) is 7.83. The fraction of sp³-hybridized carbons (Fsp3) is 0.304. The van der Waals surface area contributed by atoms with E-state index in [9.17, 15) is 27.6 Å². The van der Waals surface area contributed by atoms with Crippen LogP contribution >= 0.6 is 11.6 Å².